The molecule has 0 spiro atoms. The Morgan fingerprint density at radius 2 is 2.04 bits per heavy atom. The van der Waals surface area contributed by atoms with Gasteiger partial charge in [-0.3, -0.25) is 4.79 Å². The zero-order valence-corrected chi connectivity index (χ0v) is 13.3. The lowest BCUT2D eigenvalue weighted by molar-refractivity contribution is -0.123. The number of halogens is 2. The molecule has 1 amide bonds. The Kier molecular flexibility index (Phi) is 6.11. The summed E-state index contributed by atoms with van der Waals surface area (Å²) in [6, 6.07) is 11.8. The van der Waals surface area contributed by atoms with Crippen LogP contribution < -0.4 is 10.2 Å². The maximum absolute atomic E-state index is 13.5. The lowest BCUT2D eigenvalue weighted by Gasteiger charge is -2.05. The zero-order chi connectivity index (χ0) is 16.7. The summed E-state index contributed by atoms with van der Waals surface area (Å²) in [4.78, 5) is 11.6. The summed E-state index contributed by atoms with van der Waals surface area (Å²) in [5.74, 6) is -0.366. The molecular formula is C17H16ClFN2O2. The predicted octanol–water partition coefficient (Wildman–Crippen LogP) is 3.57. The number of nitrogens with one attached hydrogen (secondary N) is 1. The van der Waals surface area contributed by atoms with Crippen LogP contribution >= 0.6 is 11.6 Å². The number of amides is 1. The summed E-state index contributed by atoms with van der Waals surface area (Å²) in [5.41, 5.74) is 3.56. The first-order valence-electron chi connectivity index (χ1n) is 7.07. The molecular weight excluding hydrogens is 319 g/mol. The van der Waals surface area contributed by atoms with Crippen LogP contribution in [0.15, 0.2) is 47.6 Å². The average molecular weight is 335 g/mol. The fourth-order valence-corrected chi connectivity index (χ4v) is 2.02. The maximum atomic E-state index is 13.5. The van der Waals surface area contributed by atoms with Crippen LogP contribution in [0, 0.1) is 5.82 Å². The summed E-state index contributed by atoms with van der Waals surface area (Å²) in [5, 5.41) is 3.89. The zero-order valence-electron chi connectivity index (χ0n) is 12.6. The van der Waals surface area contributed by atoms with Crippen LogP contribution in [0.2, 0.25) is 5.02 Å². The molecule has 0 aromatic heterocycles. The molecule has 4 nitrogen and oxygen atoms in total. The number of hydrogen-bond acceptors (Lipinski definition) is 3. The number of hydrazone groups is 1. The van der Waals surface area contributed by atoms with Crippen LogP contribution in [0.25, 0.3) is 0 Å². The lowest BCUT2D eigenvalue weighted by atomic mass is 10.2. The molecule has 0 aliphatic rings. The minimum atomic E-state index is -0.511. The minimum absolute atomic E-state index is 0.116. The number of carbonyl (C=O) groups is 1. The second kappa shape index (κ2) is 8.29. The van der Waals surface area contributed by atoms with Crippen molar-refractivity contribution in [3.8, 4) is 5.75 Å². The molecule has 0 aliphatic heterocycles. The molecule has 0 bridgehead atoms. The Morgan fingerprint density at radius 1 is 1.30 bits per heavy atom. The van der Waals surface area contributed by atoms with Gasteiger partial charge >= 0.3 is 0 Å². The van der Waals surface area contributed by atoms with E-state index < -0.39 is 11.7 Å². The van der Waals surface area contributed by atoms with Gasteiger partial charge in [0.15, 0.2) is 6.61 Å². The molecule has 0 radical (unpaired) electrons. The first kappa shape index (κ1) is 17.0. The molecule has 0 saturated carbocycles. The Hall–Kier alpha value is -2.40. The maximum Gasteiger partial charge on any atom is 0.277 e. The van der Waals surface area contributed by atoms with Crippen molar-refractivity contribution >= 4 is 23.7 Å². The van der Waals surface area contributed by atoms with Crippen LogP contribution in [0.5, 0.6) is 5.75 Å². The Bertz CT molecular complexity index is 682. The lowest BCUT2D eigenvalue weighted by Crippen LogP contribution is -2.24. The molecule has 0 fully saturated rings. The summed E-state index contributed by atoms with van der Waals surface area (Å²) >= 11 is 5.84. The van der Waals surface area contributed by atoms with E-state index in [9.17, 15) is 9.18 Å². The van der Waals surface area contributed by atoms with Gasteiger partial charge in [0.25, 0.3) is 5.91 Å². The summed E-state index contributed by atoms with van der Waals surface area (Å²) in [6.07, 6.45) is 2.10. The second-order valence-corrected chi connectivity index (χ2v) is 5.12. The topological polar surface area (TPSA) is 50.7 Å². The number of hydrogen-bond donors (Lipinski definition) is 1. The van der Waals surface area contributed by atoms with Gasteiger partial charge in [0, 0.05) is 5.56 Å². The highest BCUT2D eigenvalue weighted by Gasteiger charge is 2.05. The fraction of sp³-hybridized carbons (Fsp3) is 0.176. The van der Waals surface area contributed by atoms with E-state index in [1.807, 2.05) is 12.1 Å². The van der Waals surface area contributed by atoms with Gasteiger partial charge in [0.1, 0.15) is 11.6 Å². The Balaban J connectivity index is 1.84. The number of nitrogens with zero attached hydrogens (tertiary/aromatic N) is 1. The highest BCUT2D eigenvalue weighted by atomic mass is 35.5. The molecule has 120 valence electrons. The van der Waals surface area contributed by atoms with Crippen molar-refractivity contribution in [2.45, 2.75) is 13.3 Å². The molecule has 0 aliphatic carbocycles. The largest absolute Gasteiger partial charge is 0.484 e. The van der Waals surface area contributed by atoms with Gasteiger partial charge in [-0.15, -0.1) is 0 Å². The normalized spacial score (nSPS) is 10.7. The van der Waals surface area contributed by atoms with E-state index in [0.717, 1.165) is 12.6 Å². The molecule has 6 heteroatoms. The van der Waals surface area contributed by atoms with Crippen molar-refractivity contribution in [2.75, 3.05) is 6.61 Å². The SMILES string of the molecule is CCc1ccc(OCC(=O)N/N=C/c2c(F)cccc2Cl)cc1. The molecule has 0 unspecified atom stereocenters. The third-order valence-corrected chi connectivity index (χ3v) is 3.41. The van der Waals surface area contributed by atoms with E-state index in [1.54, 1.807) is 12.1 Å². The van der Waals surface area contributed by atoms with Gasteiger partial charge < -0.3 is 4.74 Å². The Labute approximate surface area is 138 Å². The van der Waals surface area contributed by atoms with Gasteiger partial charge in [-0.05, 0) is 36.2 Å². The molecule has 1 N–H and O–H groups in total. The van der Waals surface area contributed by atoms with Crippen LogP contribution in [0.1, 0.15) is 18.1 Å². The van der Waals surface area contributed by atoms with Crippen molar-refractivity contribution in [3.63, 3.8) is 0 Å². The van der Waals surface area contributed by atoms with Gasteiger partial charge in [-0.2, -0.15) is 5.10 Å². The fourth-order valence-electron chi connectivity index (χ4n) is 1.81. The first-order valence-corrected chi connectivity index (χ1v) is 7.45. The standard InChI is InChI=1S/C17H16ClFN2O2/c1-2-12-6-8-13(9-7-12)23-11-17(22)21-20-10-14-15(18)4-3-5-16(14)19/h3-10H,2,11H2,1H3,(H,21,22)/b20-10+. The van der Waals surface area contributed by atoms with E-state index in [4.69, 9.17) is 16.3 Å². The van der Waals surface area contributed by atoms with E-state index in [2.05, 4.69) is 17.5 Å². The van der Waals surface area contributed by atoms with E-state index in [0.29, 0.717) is 5.75 Å². The number of ether oxygens (including phenoxy) is 1. The van der Waals surface area contributed by atoms with Gasteiger partial charge in [0.2, 0.25) is 0 Å². The van der Waals surface area contributed by atoms with Crippen LogP contribution in [0.4, 0.5) is 4.39 Å². The Morgan fingerprint density at radius 3 is 2.70 bits per heavy atom. The molecule has 0 atom stereocenters. The predicted molar refractivity (Wildman–Crippen MR) is 88.5 cm³/mol. The van der Waals surface area contributed by atoms with Crippen molar-refractivity contribution in [1.82, 2.24) is 5.43 Å². The smallest absolute Gasteiger partial charge is 0.277 e. The first-order chi connectivity index (χ1) is 11.1. The van der Waals surface area contributed by atoms with Crippen molar-refractivity contribution in [3.05, 3.63) is 64.4 Å². The van der Waals surface area contributed by atoms with Gasteiger partial charge in [0.05, 0.1) is 11.2 Å². The van der Waals surface area contributed by atoms with Gasteiger partial charge in [-0.1, -0.05) is 36.7 Å². The van der Waals surface area contributed by atoms with Crippen LogP contribution in [0.3, 0.4) is 0 Å². The number of rotatable bonds is 6. The third kappa shape index (κ3) is 5.07. The van der Waals surface area contributed by atoms with Crippen LogP contribution in [-0.4, -0.2) is 18.7 Å². The monoisotopic (exact) mass is 334 g/mol. The molecule has 0 heterocycles. The molecule has 2 aromatic rings. The molecule has 23 heavy (non-hydrogen) atoms. The van der Waals surface area contributed by atoms with E-state index in [1.165, 1.54) is 23.8 Å². The van der Waals surface area contributed by atoms with Crippen LogP contribution in [-0.2, 0) is 11.2 Å². The highest BCUT2D eigenvalue weighted by molar-refractivity contribution is 6.33. The quantitative estimate of drug-likeness (QED) is 0.648. The number of benzene rings is 2. The molecule has 2 rings (SSSR count). The third-order valence-electron chi connectivity index (χ3n) is 3.08. The summed E-state index contributed by atoms with van der Waals surface area (Å²) in [7, 11) is 0. The average Bonchev–Trinajstić information content (AvgIpc) is 2.56. The number of carbonyl (C=O) groups excluding carboxylic acids is 1. The second-order valence-electron chi connectivity index (χ2n) is 4.71. The van der Waals surface area contributed by atoms with Crippen molar-refractivity contribution in [2.24, 2.45) is 5.10 Å². The highest BCUT2D eigenvalue weighted by Crippen LogP contribution is 2.16. The van der Waals surface area contributed by atoms with E-state index >= 15 is 0 Å². The number of aryl methyl sites for hydroxylation is 1. The summed E-state index contributed by atoms with van der Waals surface area (Å²) in [6.45, 7) is 1.87. The molecule has 0 saturated heterocycles. The summed E-state index contributed by atoms with van der Waals surface area (Å²) < 4.78 is 18.8. The van der Waals surface area contributed by atoms with Crippen molar-refractivity contribution < 1.29 is 13.9 Å². The minimum Gasteiger partial charge on any atom is -0.484 e. The van der Waals surface area contributed by atoms with Gasteiger partial charge in [-0.25, -0.2) is 9.82 Å². The molecule has 2 aromatic carbocycles. The van der Waals surface area contributed by atoms with E-state index in [-0.39, 0.29) is 17.2 Å². The van der Waals surface area contributed by atoms with Crippen molar-refractivity contribution in [1.29, 1.82) is 0 Å².